The van der Waals surface area contributed by atoms with Crippen LogP contribution in [-0.4, -0.2) is 11.1 Å². The van der Waals surface area contributed by atoms with Crippen molar-refractivity contribution in [3.63, 3.8) is 0 Å². The molecule has 0 bridgehead atoms. The van der Waals surface area contributed by atoms with Gasteiger partial charge in [-0.1, -0.05) is 13.8 Å². The van der Waals surface area contributed by atoms with Crippen molar-refractivity contribution < 1.29 is 0 Å². The average molecular weight is 194 g/mol. The second kappa shape index (κ2) is 5.86. The van der Waals surface area contributed by atoms with Gasteiger partial charge in [0.25, 0.3) is 0 Å². The summed E-state index contributed by atoms with van der Waals surface area (Å²) in [7, 11) is 0. The Kier molecular flexibility index (Phi) is 4.74. The Hall–Kier alpha value is -0.760. The minimum absolute atomic E-state index is 0.480. The fourth-order valence-electron chi connectivity index (χ4n) is 1.59. The zero-order chi connectivity index (χ0) is 10.4. The highest BCUT2D eigenvalue weighted by Gasteiger charge is 2.04. The number of rotatable bonds is 6. The molecule has 1 N–H and O–H groups in total. The van der Waals surface area contributed by atoms with Crippen molar-refractivity contribution in [3.05, 3.63) is 24.0 Å². The van der Waals surface area contributed by atoms with Gasteiger partial charge in [-0.3, -0.25) is 0 Å². The summed E-state index contributed by atoms with van der Waals surface area (Å²) in [5, 5.41) is 3.49. The molecule has 1 heterocycles. The van der Waals surface area contributed by atoms with Gasteiger partial charge in [0.05, 0.1) is 0 Å². The summed E-state index contributed by atoms with van der Waals surface area (Å²) < 4.78 is 2.26. The predicted octanol–water partition coefficient (Wildman–Crippen LogP) is 2.96. The van der Waals surface area contributed by atoms with E-state index in [1.165, 1.54) is 18.4 Å². The van der Waals surface area contributed by atoms with Crippen LogP contribution in [0.15, 0.2) is 18.5 Å². The Morgan fingerprint density at radius 3 is 2.79 bits per heavy atom. The molecule has 1 rings (SSSR count). The highest BCUT2D eigenvalue weighted by atomic mass is 15.0. The molecular formula is C12H22N2. The van der Waals surface area contributed by atoms with Crippen LogP contribution in [0.25, 0.3) is 0 Å². The molecule has 0 unspecified atom stereocenters. The summed E-state index contributed by atoms with van der Waals surface area (Å²) in [6.07, 6.45) is 6.81. The van der Waals surface area contributed by atoms with Crippen molar-refractivity contribution in [1.82, 2.24) is 9.88 Å². The summed E-state index contributed by atoms with van der Waals surface area (Å²) in [6.45, 7) is 8.85. The minimum atomic E-state index is 0.480. The maximum absolute atomic E-state index is 3.49. The van der Waals surface area contributed by atoms with E-state index in [0.29, 0.717) is 6.04 Å². The Bertz CT molecular complexity index is 253. The van der Waals surface area contributed by atoms with Gasteiger partial charge in [0, 0.05) is 25.0 Å². The van der Waals surface area contributed by atoms with Crippen molar-refractivity contribution in [2.75, 3.05) is 6.54 Å². The summed E-state index contributed by atoms with van der Waals surface area (Å²) in [6, 6.07) is 2.69. The SMILES string of the molecule is CCCN[C@@H](C)c1ccn(CCC)c1. The van der Waals surface area contributed by atoms with Crippen molar-refractivity contribution >= 4 is 0 Å². The molecule has 2 nitrogen and oxygen atoms in total. The zero-order valence-electron chi connectivity index (χ0n) is 9.59. The summed E-state index contributed by atoms with van der Waals surface area (Å²) in [5.41, 5.74) is 1.40. The van der Waals surface area contributed by atoms with Gasteiger partial charge in [-0.15, -0.1) is 0 Å². The first-order chi connectivity index (χ1) is 6.77. The first kappa shape index (κ1) is 11.3. The normalized spacial score (nSPS) is 13.1. The fraction of sp³-hybridized carbons (Fsp3) is 0.667. The van der Waals surface area contributed by atoms with E-state index in [4.69, 9.17) is 0 Å². The van der Waals surface area contributed by atoms with Crippen LogP contribution < -0.4 is 5.32 Å². The maximum Gasteiger partial charge on any atom is 0.0306 e. The van der Waals surface area contributed by atoms with Gasteiger partial charge in [-0.2, -0.15) is 0 Å². The molecule has 2 heteroatoms. The molecule has 0 amide bonds. The average Bonchev–Trinajstić information content (AvgIpc) is 2.63. The summed E-state index contributed by atoms with van der Waals surface area (Å²) >= 11 is 0. The second-order valence-corrected chi connectivity index (χ2v) is 3.86. The number of aromatic nitrogens is 1. The van der Waals surface area contributed by atoms with Gasteiger partial charge in [0.15, 0.2) is 0 Å². The molecular weight excluding hydrogens is 172 g/mol. The molecule has 0 radical (unpaired) electrons. The summed E-state index contributed by atoms with van der Waals surface area (Å²) in [4.78, 5) is 0. The number of aryl methyl sites for hydroxylation is 1. The molecule has 0 aromatic carbocycles. The fourth-order valence-corrected chi connectivity index (χ4v) is 1.59. The van der Waals surface area contributed by atoms with Crippen LogP contribution in [0.2, 0.25) is 0 Å². The molecule has 1 atom stereocenters. The highest BCUT2D eigenvalue weighted by molar-refractivity contribution is 5.14. The third-order valence-electron chi connectivity index (χ3n) is 2.46. The number of nitrogens with zero attached hydrogens (tertiary/aromatic N) is 1. The zero-order valence-corrected chi connectivity index (χ0v) is 9.59. The van der Waals surface area contributed by atoms with Crippen LogP contribution in [0, 0.1) is 0 Å². The van der Waals surface area contributed by atoms with Crippen LogP contribution in [0.3, 0.4) is 0 Å². The second-order valence-electron chi connectivity index (χ2n) is 3.86. The first-order valence-electron chi connectivity index (χ1n) is 5.67. The lowest BCUT2D eigenvalue weighted by molar-refractivity contribution is 0.568. The molecule has 0 spiro atoms. The lowest BCUT2D eigenvalue weighted by atomic mass is 10.2. The third kappa shape index (κ3) is 3.18. The summed E-state index contributed by atoms with van der Waals surface area (Å²) in [5.74, 6) is 0. The molecule has 1 aromatic heterocycles. The quantitative estimate of drug-likeness (QED) is 0.736. The van der Waals surface area contributed by atoms with E-state index in [2.05, 4.69) is 49.1 Å². The van der Waals surface area contributed by atoms with Gasteiger partial charge >= 0.3 is 0 Å². The van der Waals surface area contributed by atoms with Crippen LogP contribution >= 0.6 is 0 Å². The van der Waals surface area contributed by atoms with Crippen molar-refractivity contribution in [1.29, 1.82) is 0 Å². The van der Waals surface area contributed by atoms with Crippen molar-refractivity contribution in [2.24, 2.45) is 0 Å². The molecule has 0 aliphatic carbocycles. The number of nitrogens with one attached hydrogen (secondary N) is 1. The molecule has 0 aliphatic rings. The lowest BCUT2D eigenvalue weighted by Gasteiger charge is -2.11. The predicted molar refractivity (Wildman–Crippen MR) is 61.4 cm³/mol. The van der Waals surface area contributed by atoms with Gasteiger partial charge in [0.1, 0.15) is 0 Å². The largest absolute Gasteiger partial charge is 0.354 e. The smallest absolute Gasteiger partial charge is 0.0306 e. The van der Waals surface area contributed by atoms with E-state index >= 15 is 0 Å². The van der Waals surface area contributed by atoms with Crippen LogP contribution in [0.4, 0.5) is 0 Å². The van der Waals surface area contributed by atoms with E-state index in [1.807, 2.05) is 0 Å². The topological polar surface area (TPSA) is 17.0 Å². The minimum Gasteiger partial charge on any atom is -0.354 e. The van der Waals surface area contributed by atoms with Crippen LogP contribution in [0.1, 0.15) is 45.2 Å². The van der Waals surface area contributed by atoms with Crippen LogP contribution in [-0.2, 0) is 6.54 Å². The third-order valence-corrected chi connectivity index (χ3v) is 2.46. The Balaban J connectivity index is 2.48. The highest BCUT2D eigenvalue weighted by Crippen LogP contribution is 2.12. The first-order valence-corrected chi connectivity index (χ1v) is 5.67. The van der Waals surface area contributed by atoms with Crippen molar-refractivity contribution in [3.8, 4) is 0 Å². The maximum atomic E-state index is 3.49. The molecule has 0 saturated carbocycles. The standard InChI is InChI=1S/C12H22N2/c1-4-7-13-11(3)12-6-9-14(10-12)8-5-2/h6,9-11,13H,4-5,7-8H2,1-3H3/t11-/m0/s1. The van der Waals surface area contributed by atoms with E-state index in [1.54, 1.807) is 0 Å². The monoisotopic (exact) mass is 194 g/mol. The molecule has 0 aliphatic heterocycles. The number of hydrogen-bond donors (Lipinski definition) is 1. The van der Waals surface area contributed by atoms with E-state index < -0.39 is 0 Å². The van der Waals surface area contributed by atoms with Gasteiger partial charge in [0.2, 0.25) is 0 Å². The lowest BCUT2D eigenvalue weighted by Crippen LogP contribution is -2.18. The molecule has 0 fully saturated rings. The van der Waals surface area contributed by atoms with E-state index in [-0.39, 0.29) is 0 Å². The van der Waals surface area contributed by atoms with Gasteiger partial charge < -0.3 is 9.88 Å². The van der Waals surface area contributed by atoms with E-state index in [0.717, 1.165) is 13.1 Å². The van der Waals surface area contributed by atoms with E-state index in [9.17, 15) is 0 Å². The van der Waals surface area contributed by atoms with Crippen molar-refractivity contribution in [2.45, 2.75) is 46.2 Å². The Labute approximate surface area is 87.3 Å². The Morgan fingerprint density at radius 1 is 1.36 bits per heavy atom. The Morgan fingerprint density at radius 2 is 2.14 bits per heavy atom. The molecule has 80 valence electrons. The molecule has 14 heavy (non-hydrogen) atoms. The molecule has 1 aromatic rings. The van der Waals surface area contributed by atoms with Crippen LogP contribution in [0.5, 0.6) is 0 Å². The molecule has 0 saturated heterocycles. The van der Waals surface area contributed by atoms with Gasteiger partial charge in [-0.05, 0) is 37.9 Å². The van der Waals surface area contributed by atoms with Gasteiger partial charge in [-0.25, -0.2) is 0 Å². The number of hydrogen-bond acceptors (Lipinski definition) is 1.